The highest BCUT2D eigenvalue weighted by Gasteiger charge is 1.95. The molecule has 0 aliphatic carbocycles. The number of aliphatic hydroxyl groups excluding tert-OH is 1. The number of aliphatic hydroxyl groups is 1. The summed E-state index contributed by atoms with van der Waals surface area (Å²) in [5, 5.41) is 8.31. The van der Waals surface area contributed by atoms with Gasteiger partial charge >= 0.3 is 0 Å². The van der Waals surface area contributed by atoms with Crippen molar-refractivity contribution in [2.75, 3.05) is 13.2 Å². The van der Waals surface area contributed by atoms with Crippen LogP contribution in [-0.4, -0.2) is 24.0 Å². The molecule has 0 bridgehead atoms. The Kier molecular flexibility index (Phi) is 5.46. The third-order valence-electron chi connectivity index (χ3n) is 1.09. The minimum absolute atomic E-state index is 0.0726. The summed E-state index contributed by atoms with van der Waals surface area (Å²) in [5.41, 5.74) is 5.04. The van der Waals surface area contributed by atoms with E-state index in [0.717, 1.165) is 6.42 Å². The molecule has 0 saturated heterocycles. The molecule has 0 spiro atoms. The van der Waals surface area contributed by atoms with E-state index in [1.165, 1.54) is 0 Å². The summed E-state index contributed by atoms with van der Waals surface area (Å²) >= 11 is 0. The first kappa shape index (κ1) is 8.59. The summed E-state index contributed by atoms with van der Waals surface area (Å²) in [6.07, 6.45) is 1.97. The van der Waals surface area contributed by atoms with E-state index in [1.54, 1.807) is 0 Å². The van der Waals surface area contributed by atoms with Gasteiger partial charge in [0.1, 0.15) is 5.78 Å². The topological polar surface area (TPSA) is 63.3 Å². The van der Waals surface area contributed by atoms with Crippen molar-refractivity contribution in [2.24, 2.45) is 5.73 Å². The summed E-state index contributed by atoms with van der Waals surface area (Å²) in [6.45, 7) is 0.295. The Bertz CT molecular complexity index is 83.1. The van der Waals surface area contributed by atoms with Crippen molar-refractivity contribution in [1.82, 2.24) is 0 Å². The van der Waals surface area contributed by atoms with Gasteiger partial charge < -0.3 is 10.8 Å². The number of unbranched alkanes of at least 4 members (excludes halogenated alkanes) is 1. The Labute approximate surface area is 54.9 Å². The summed E-state index contributed by atoms with van der Waals surface area (Å²) in [7, 11) is 0. The second-order valence-corrected chi connectivity index (χ2v) is 1.92. The lowest BCUT2D eigenvalue weighted by Crippen LogP contribution is -2.12. The number of carbonyl (C=O) groups is 1. The average Bonchev–Trinajstić information content (AvgIpc) is 1.89. The monoisotopic (exact) mass is 131 g/mol. The molecule has 0 radical (unpaired) electrons. The van der Waals surface area contributed by atoms with Crippen LogP contribution in [0.3, 0.4) is 0 Å². The lowest BCUT2D eigenvalue weighted by atomic mass is 10.2. The number of nitrogens with two attached hydrogens (primary N) is 1. The second kappa shape index (κ2) is 5.72. The van der Waals surface area contributed by atoms with Crippen molar-refractivity contribution < 1.29 is 9.90 Å². The predicted molar refractivity (Wildman–Crippen MR) is 35.0 cm³/mol. The third-order valence-corrected chi connectivity index (χ3v) is 1.09. The van der Waals surface area contributed by atoms with Gasteiger partial charge in [0.2, 0.25) is 0 Å². The van der Waals surface area contributed by atoms with E-state index in [-0.39, 0.29) is 18.9 Å². The Morgan fingerprint density at radius 2 is 2.11 bits per heavy atom. The molecule has 0 aliphatic rings. The molecule has 3 nitrogen and oxygen atoms in total. The molecule has 3 heteroatoms. The van der Waals surface area contributed by atoms with Gasteiger partial charge in [-0.1, -0.05) is 0 Å². The van der Waals surface area contributed by atoms with Crippen LogP contribution in [0.4, 0.5) is 0 Å². The van der Waals surface area contributed by atoms with Crippen LogP contribution in [0.5, 0.6) is 0 Å². The van der Waals surface area contributed by atoms with E-state index in [4.69, 9.17) is 10.8 Å². The standard InChI is InChI=1S/C6H13NO2/c7-5-6(9)3-1-2-4-8/h8H,1-5,7H2. The summed E-state index contributed by atoms with van der Waals surface area (Å²) in [5.74, 6) is 0.0726. The van der Waals surface area contributed by atoms with Crippen LogP contribution in [0, 0.1) is 0 Å². The van der Waals surface area contributed by atoms with Crippen LogP contribution in [0.1, 0.15) is 19.3 Å². The van der Waals surface area contributed by atoms with E-state index in [1.807, 2.05) is 0 Å². The van der Waals surface area contributed by atoms with Crippen molar-refractivity contribution in [1.29, 1.82) is 0 Å². The molecule has 0 rings (SSSR count). The van der Waals surface area contributed by atoms with E-state index in [2.05, 4.69) is 0 Å². The summed E-state index contributed by atoms with van der Waals surface area (Å²) in [6, 6.07) is 0. The van der Waals surface area contributed by atoms with Gasteiger partial charge in [-0.2, -0.15) is 0 Å². The number of hydrogen-bond acceptors (Lipinski definition) is 3. The molecule has 0 fully saturated rings. The van der Waals surface area contributed by atoms with Crippen molar-refractivity contribution in [2.45, 2.75) is 19.3 Å². The first-order chi connectivity index (χ1) is 4.31. The quantitative estimate of drug-likeness (QED) is 0.502. The molecule has 0 aliphatic heterocycles. The van der Waals surface area contributed by atoms with Gasteiger partial charge in [0.15, 0.2) is 0 Å². The molecule has 0 aromatic heterocycles. The summed E-state index contributed by atoms with van der Waals surface area (Å²) < 4.78 is 0. The molecular weight excluding hydrogens is 118 g/mol. The third kappa shape index (κ3) is 5.46. The Morgan fingerprint density at radius 1 is 1.44 bits per heavy atom. The van der Waals surface area contributed by atoms with Crippen LogP contribution >= 0.6 is 0 Å². The number of carbonyl (C=O) groups excluding carboxylic acids is 1. The maximum atomic E-state index is 10.5. The maximum Gasteiger partial charge on any atom is 0.146 e. The molecule has 0 heterocycles. The second-order valence-electron chi connectivity index (χ2n) is 1.92. The molecule has 0 aromatic carbocycles. The van der Waals surface area contributed by atoms with Gasteiger partial charge in [-0.05, 0) is 12.8 Å². The number of ketones is 1. The highest BCUT2D eigenvalue weighted by Crippen LogP contribution is 1.93. The fraction of sp³-hybridized carbons (Fsp3) is 0.833. The largest absolute Gasteiger partial charge is 0.396 e. The zero-order valence-electron chi connectivity index (χ0n) is 5.47. The molecule has 3 N–H and O–H groups in total. The first-order valence-corrected chi connectivity index (χ1v) is 3.14. The lowest BCUT2D eigenvalue weighted by molar-refractivity contribution is -0.117. The van der Waals surface area contributed by atoms with Crippen LogP contribution in [0.2, 0.25) is 0 Å². The minimum atomic E-state index is 0.0726. The maximum absolute atomic E-state index is 10.5. The number of Topliss-reactive ketones (excluding diaryl/α,β-unsaturated/α-hetero) is 1. The fourth-order valence-corrected chi connectivity index (χ4v) is 0.536. The van der Waals surface area contributed by atoms with E-state index >= 15 is 0 Å². The van der Waals surface area contributed by atoms with Crippen LogP contribution in [0.25, 0.3) is 0 Å². The van der Waals surface area contributed by atoms with Crippen LogP contribution < -0.4 is 5.73 Å². The lowest BCUT2D eigenvalue weighted by Gasteiger charge is -1.93. The normalized spacial score (nSPS) is 9.56. The van der Waals surface area contributed by atoms with Gasteiger partial charge in [-0.3, -0.25) is 4.79 Å². The molecule has 0 amide bonds. The Balaban J connectivity index is 2.97. The molecule has 0 aromatic rings. The van der Waals surface area contributed by atoms with Crippen LogP contribution in [-0.2, 0) is 4.79 Å². The Morgan fingerprint density at radius 3 is 2.56 bits per heavy atom. The minimum Gasteiger partial charge on any atom is -0.396 e. The van der Waals surface area contributed by atoms with Crippen LogP contribution in [0.15, 0.2) is 0 Å². The van der Waals surface area contributed by atoms with E-state index < -0.39 is 0 Å². The van der Waals surface area contributed by atoms with Crippen molar-refractivity contribution >= 4 is 5.78 Å². The number of rotatable bonds is 5. The van der Waals surface area contributed by atoms with Gasteiger partial charge in [0, 0.05) is 13.0 Å². The molecule has 0 unspecified atom stereocenters. The predicted octanol–water partition coefficient (Wildman–Crippen LogP) is -0.323. The molecule has 0 atom stereocenters. The van der Waals surface area contributed by atoms with Crippen molar-refractivity contribution in [3.63, 3.8) is 0 Å². The fourth-order valence-electron chi connectivity index (χ4n) is 0.536. The van der Waals surface area contributed by atoms with Crippen molar-refractivity contribution in [3.8, 4) is 0 Å². The van der Waals surface area contributed by atoms with E-state index in [0.29, 0.717) is 12.8 Å². The number of hydrogen-bond donors (Lipinski definition) is 2. The Hall–Kier alpha value is -0.410. The SMILES string of the molecule is NCC(=O)CCCCO. The van der Waals surface area contributed by atoms with Gasteiger partial charge in [-0.25, -0.2) is 0 Å². The highest BCUT2D eigenvalue weighted by molar-refractivity contribution is 5.80. The van der Waals surface area contributed by atoms with Gasteiger partial charge in [0.05, 0.1) is 6.54 Å². The zero-order valence-corrected chi connectivity index (χ0v) is 5.47. The molecule has 0 saturated carbocycles. The first-order valence-electron chi connectivity index (χ1n) is 3.14. The molecule has 9 heavy (non-hydrogen) atoms. The summed E-state index contributed by atoms with van der Waals surface area (Å²) in [4.78, 5) is 10.5. The van der Waals surface area contributed by atoms with Gasteiger partial charge in [0.25, 0.3) is 0 Å². The molecular formula is C6H13NO2. The average molecular weight is 131 g/mol. The van der Waals surface area contributed by atoms with Gasteiger partial charge in [-0.15, -0.1) is 0 Å². The van der Waals surface area contributed by atoms with Crippen molar-refractivity contribution in [3.05, 3.63) is 0 Å². The zero-order chi connectivity index (χ0) is 7.11. The molecule has 54 valence electrons. The highest BCUT2D eigenvalue weighted by atomic mass is 16.2. The smallest absolute Gasteiger partial charge is 0.146 e. The van der Waals surface area contributed by atoms with E-state index in [9.17, 15) is 4.79 Å².